The number of amides is 1. The number of piperazine rings is 1. The molecule has 1 heterocycles. The van der Waals surface area contributed by atoms with Crippen molar-refractivity contribution in [3.05, 3.63) is 64.0 Å². The van der Waals surface area contributed by atoms with Gasteiger partial charge in [-0.15, -0.1) is 0 Å². The highest BCUT2D eigenvalue weighted by Gasteiger charge is 2.26. The van der Waals surface area contributed by atoms with Crippen LogP contribution in [0.25, 0.3) is 0 Å². The Kier molecular flexibility index (Phi) is 5.67. The number of ether oxygens (including phenoxy) is 1. The van der Waals surface area contributed by atoms with Crippen LogP contribution in [0, 0.1) is 15.9 Å². The topological polar surface area (TPSA) is 75.9 Å². The number of rotatable bonds is 5. The molecule has 0 aliphatic carbocycles. The van der Waals surface area contributed by atoms with E-state index in [1.807, 2.05) is 0 Å². The van der Waals surface area contributed by atoms with Gasteiger partial charge in [-0.3, -0.25) is 14.9 Å². The molecule has 28 heavy (non-hydrogen) atoms. The number of nitro benzene ring substituents is 1. The average molecular weight is 395 g/mol. The molecule has 1 aliphatic heterocycles. The summed E-state index contributed by atoms with van der Waals surface area (Å²) in [5.41, 5.74) is 0.147. The predicted molar refractivity (Wildman–Crippen MR) is 94.2 cm³/mol. The molecular weight excluding hydrogens is 379 g/mol. The van der Waals surface area contributed by atoms with E-state index in [0.29, 0.717) is 13.1 Å². The summed E-state index contributed by atoms with van der Waals surface area (Å²) >= 11 is 0. The smallest absolute Gasteiger partial charge is 0.387 e. The van der Waals surface area contributed by atoms with E-state index in [1.165, 1.54) is 35.2 Å². The van der Waals surface area contributed by atoms with Crippen molar-refractivity contribution in [2.45, 2.75) is 6.61 Å². The Morgan fingerprint density at radius 1 is 1.11 bits per heavy atom. The summed E-state index contributed by atoms with van der Waals surface area (Å²) in [4.78, 5) is 25.9. The second-order valence-electron chi connectivity index (χ2n) is 6.08. The van der Waals surface area contributed by atoms with Crippen molar-refractivity contribution < 1.29 is 27.6 Å². The predicted octanol–water partition coefficient (Wildman–Crippen LogP) is 3.30. The Balaban J connectivity index is 1.74. The Hall–Kier alpha value is -3.30. The first-order chi connectivity index (χ1) is 13.3. The van der Waals surface area contributed by atoms with E-state index in [4.69, 9.17) is 0 Å². The Morgan fingerprint density at radius 2 is 1.82 bits per heavy atom. The van der Waals surface area contributed by atoms with Crippen LogP contribution in [0.3, 0.4) is 0 Å². The van der Waals surface area contributed by atoms with Gasteiger partial charge in [-0.2, -0.15) is 8.78 Å². The van der Waals surface area contributed by atoms with Crippen LogP contribution in [0.5, 0.6) is 5.75 Å². The van der Waals surface area contributed by atoms with Crippen LogP contribution in [0.15, 0.2) is 42.5 Å². The zero-order chi connectivity index (χ0) is 20.3. The summed E-state index contributed by atoms with van der Waals surface area (Å²) in [6.07, 6.45) is 0. The van der Waals surface area contributed by atoms with E-state index < -0.39 is 17.4 Å². The number of hydrogen-bond acceptors (Lipinski definition) is 5. The van der Waals surface area contributed by atoms with Crippen LogP contribution < -0.4 is 9.64 Å². The van der Waals surface area contributed by atoms with Crippen molar-refractivity contribution in [2.75, 3.05) is 31.1 Å². The van der Waals surface area contributed by atoms with Crippen LogP contribution >= 0.6 is 0 Å². The van der Waals surface area contributed by atoms with Crippen molar-refractivity contribution >= 4 is 17.3 Å². The molecule has 0 N–H and O–H groups in total. The molecule has 1 fully saturated rings. The summed E-state index contributed by atoms with van der Waals surface area (Å²) < 4.78 is 43.1. The molecule has 3 rings (SSSR count). The highest BCUT2D eigenvalue weighted by atomic mass is 19.3. The minimum absolute atomic E-state index is 0.227. The number of halogens is 3. The third kappa shape index (κ3) is 4.33. The second kappa shape index (κ2) is 8.15. The lowest BCUT2D eigenvalue weighted by Gasteiger charge is -2.36. The fraction of sp³-hybridized carbons (Fsp3) is 0.278. The normalized spacial score (nSPS) is 14.3. The average Bonchev–Trinajstić information content (AvgIpc) is 2.67. The van der Waals surface area contributed by atoms with Crippen molar-refractivity contribution in [2.24, 2.45) is 0 Å². The highest BCUT2D eigenvalue weighted by molar-refractivity contribution is 5.94. The van der Waals surface area contributed by atoms with E-state index in [2.05, 4.69) is 4.74 Å². The second-order valence-corrected chi connectivity index (χ2v) is 6.08. The van der Waals surface area contributed by atoms with Gasteiger partial charge in [0.15, 0.2) is 5.75 Å². The Morgan fingerprint density at radius 3 is 2.43 bits per heavy atom. The first kappa shape index (κ1) is 19.5. The number of non-ortho nitro benzene ring substituents is 1. The molecule has 2 aromatic rings. The molecule has 7 nitrogen and oxygen atoms in total. The van der Waals surface area contributed by atoms with Crippen LogP contribution in [-0.2, 0) is 0 Å². The number of benzene rings is 2. The standard InChI is InChI=1S/C18H16F3N3O4/c19-13-3-1-2-12(10-13)17(25)23-8-6-22(7-9-23)15-5-4-14(24(26)27)11-16(15)28-18(20)21/h1-5,10-11,18H,6-9H2. The summed E-state index contributed by atoms with van der Waals surface area (Å²) in [5, 5.41) is 10.9. The zero-order valence-electron chi connectivity index (χ0n) is 14.6. The van der Waals surface area contributed by atoms with Crippen LogP contribution in [0.4, 0.5) is 24.5 Å². The quantitative estimate of drug-likeness (QED) is 0.574. The van der Waals surface area contributed by atoms with E-state index >= 15 is 0 Å². The maximum absolute atomic E-state index is 13.3. The third-order valence-electron chi connectivity index (χ3n) is 4.35. The molecule has 10 heteroatoms. The van der Waals surface area contributed by atoms with Gasteiger partial charge in [0.2, 0.25) is 0 Å². The SMILES string of the molecule is O=C(c1cccc(F)c1)N1CCN(c2ccc([N+](=O)[O-])cc2OC(F)F)CC1. The number of nitro groups is 1. The van der Waals surface area contributed by atoms with Gasteiger partial charge in [-0.05, 0) is 24.3 Å². The molecule has 0 bridgehead atoms. The molecule has 0 saturated carbocycles. The van der Waals surface area contributed by atoms with Gasteiger partial charge in [0, 0.05) is 37.8 Å². The number of nitrogens with zero attached hydrogens (tertiary/aromatic N) is 3. The maximum atomic E-state index is 13.3. The van der Waals surface area contributed by atoms with Crippen molar-refractivity contribution in [3.63, 3.8) is 0 Å². The Bertz CT molecular complexity index is 886. The fourth-order valence-corrected chi connectivity index (χ4v) is 3.02. The largest absolute Gasteiger partial charge is 0.432 e. The first-order valence-electron chi connectivity index (χ1n) is 8.38. The molecule has 0 atom stereocenters. The molecule has 148 valence electrons. The van der Waals surface area contributed by atoms with Gasteiger partial charge >= 0.3 is 6.61 Å². The fourth-order valence-electron chi connectivity index (χ4n) is 3.02. The number of carbonyl (C=O) groups is 1. The van der Waals surface area contributed by atoms with Crippen molar-refractivity contribution in [1.29, 1.82) is 0 Å². The molecule has 0 spiro atoms. The van der Waals surface area contributed by atoms with Crippen LogP contribution in [0.2, 0.25) is 0 Å². The minimum atomic E-state index is -3.13. The van der Waals surface area contributed by atoms with Crippen molar-refractivity contribution in [1.82, 2.24) is 4.90 Å². The van der Waals surface area contributed by atoms with Crippen molar-refractivity contribution in [3.8, 4) is 5.75 Å². The number of anilines is 1. The molecule has 2 aromatic carbocycles. The first-order valence-corrected chi connectivity index (χ1v) is 8.38. The molecule has 1 saturated heterocycles. The van der Waals surface area contributed by atoms with E-state index in [1.54, 1.807) is 4.90 Å². The van der Waals surface area contributed by atoms with Gasteiger partial charge in [-0.25, -0.2) is 4.39 Å². The molecular formula is C18H16F3N3O4. The zero-order valence-corrected chi connectivity index (χ0v) is 14.6. The summed E-state index contributed by atoms with van der Waals surface area (Å²) in [5.74, 6) is -1.13. The summed E-state index contributed by atoms with van der Waals surface area (Å²) in [6, 6.07) is 8.86. The van der Waals surface area contributed by atoms with Crippen LogP contribution in [0.1, 0.15) is 10.4 Å². The highest BCUT2D eigenvalue weighted by Crippen LogP contribution is 2.34. The Labute approximate surface area is 158 Å². The monoisotopic (exact) mass is 395 g/mol. The van der Waals surface area contributed by atoms with E-state index in [9.17, 15) is 28.1 Å². The third-order valence-corrected chi connectivity index (χ3v) is 4.35. The van der Waals surface area contributed by atoms with Crippen LogP contribution in [-0.4, -0.2) is 48.5 Å². The molecule has 0 radical (unpaired) electrons. The molecule has 1 amide bonds. The van der Waals surface area contributed by atoms with E-state index in [-0.39, 0.29) is 41.7 Å². The molecule has 0 aromatic heterocycles. The number of hydrogen-bond donors (Lipinski definition) is 0. The van der Waals surface area contributed by atoms with Gasteiger partial charge in [0.1, 0.15) is 5.82 Å². The van der Waals surface area contributed by atoms with Gasteiger partial charge in [0.05, 0.1) is 16.7 Å². The number of alkyl halides is 2. The minimum Gasteiger partial charge on any atom is -0.432 e. The maximum Gasteiger partial charge on any atom is 0.387 e. The number of carbonyl (C=O) groups excluding carboxylic acids is 1. The van der Waals surface area contributed by atoms with E-state index in [0.717, 1.165) is 12.1 Å². The molecule has 1 aliphatic rings. The summed E-state index contributed by atoms with van der Waals surface area (Å²) in [7, 11) is 0. The lowest BCUT2D eigenvalue weighted by molar-refractivity contribution is -0.385. The lowest BCUT2D eigenvalue weighted by atomic mass is 10.1. The molecule has 0 unspecified atom stereocenters. The lowest BCUT2D eigenvalue weighted by Crippen LogP contribution is -2.49. The van der Waals surface area contributed by atoms with Gasteiger partial charge < -0.3 is 14.5 Å². The van der Waals surface area contributed by atoms with Gasteiger partial charge in [-0.1, -0.05) is 6.07 Å². The summed E-state index contributed by atoms with van der Waals surface area (Å²) in [6.45, 7) is -1.96. The van der Waals surface area contributed by atoms with Gasteiger partial charge in [0.25, 0.3) is 11.6 Å².